The first-order valence-corrected chi connectivity index (χ1v) is 7.75. The van der Waals surface area contributed by atoms with Crippen LogP contribution in [0, 0.1) is 5.92 Å². The van der Waals surface area contributed by atoms with Crippen LogP contribution >= 0.6 is 0 Å². The molecule has 1 fully saturated rings. The minimum atomic E-state index is -0.760. The number of carbonyl (C=O) groups excluding carboxylic acids is 4. The molecule has 3 aliphatic rings. The van der Waals surface area contributed by atoms with E-state index in [1.807, 2.05) is 0 Å². The molecule has 1 aliphatic carbocycles. The molecule has 4 amide bonds. The van der Waals surface area contributed by atoms with E-state index in [-0.39, 0.29) is 30.6 Å². The molecule has 126 valence electrons. The molecule has 0 bridgehead atoms. The van der Waals surface area contributed by atoms with Crippen molar-refractivity contribution in [2.24, 2.45) is 10.9 Å². The predicted molar refractivity (Wildman–Crippen MR) is 84.4 cm³/mol. The molecule has 3 atom stereocenters. The molecule has 8 nitrogen and oxygen atoms in total. The zero-order chi connectivity index (χ0) is 17.4. The second-order valence-electron chi connectivity index (χ2n) is 6.01. The van der Waals surface area contributed by atoms with Crippen molar-refractivity contribution in [3.63, 3.8) is 0 Å². The van der Waals surface area contributed by atoms with Crippen LogP contribution in [0.5, 0.6) is 0 Å². The van der Waals surface area contributed by atoms with Gasteiger partial charge in [0, 0.05) is 19.0 Å². The minimum absolute atomic E-state index is 0.176. The lowest BCUT2D eigenvalue weighted by atomic mass is 9.87. The molecular formula is C16H18N4O4. The van der Waals surface area contributed by atoms with Crippen LogP contribution in [0.15, 0.2) is 28.9 Å². The average Bonchev–Trinajstić information content (AvgIpc) is 2.48. The molecule has 8 heteroatoms. The van der Waals surface area contributed by atoms with E-state index in [0.29, 0.717) is 11.5 Å². The Morgan fingerprint density at radius 2 is 2.12 bits per heavy atom. The van der Waals surface area contributed by atoms with Gasteiger partial charge in [-0.3, -0.25) is 34.4 Å². The van der Waals surface area contributed by atoms with Crippen molar-refractivity contribution in [3.8, 4) is 0 Å². The van der Waals surface area contributed by atoms with Gasteiger partial charge in [-0.25, -0.2) is 0 Å². The molecule has 3 rings (SSSR count). The van der Waals surface area contributed by atoms with Gasteiger partial charge in [0.1, 0.15) is 17.8 Å². The summed E-state index contributed by atoms with van der Waals surface area (Å²) in [6.07, 6.45) is 5.64. The Morgan fingerprint density at radius 3 is 2.79 bits per heavy atom. The first-order chi connectivity index (χ1) is 11.4. The van der Waals surface area contributed by atoms with E-state index < -0.39 is 23.9 Å². The highest BCUT2D eigenvalue weighted by molar-refractivity contribution is 6.09. The van der Waals surface area contributed by atoms with Gasteiger partial charge in [-0.2, -0.15) is 0 Å². The van der Waals surface area contributed by atoms with Gasteiger partial charge in [-0.15, -0.1) is 0 Å². The lowest BCUT2D eigenvalue weighted by Gasteiger charge is -2.40. The van der Waals surface area contributed by atoms with Gasteiger partial charge < -0.3 is 5.32 Å². The number of hydrogen-bond acceptors (Lipinski definition) is 5. The van der Waals surface area contributed by atoms with Crippen molar-refractivity contribution in [2.45, 2.75) is 38.8 Å². The summed E-state index contributed by atoms with van der Waals surface area (Å²) in [5, 5.41) is 4.93. The van der Waals surface area contributed by atoms with Crippen LogP contribution < -0.4 is 10.6 Å². The SMILES string of the molecule is CC(=O)NC1=CC=CC2N=C(C)N(C3CCC(=O)NC3=O)C(=O)C12. The standard InChI is InChI=1S/C16H18N4O4/c1-8-17-10-4-3-5-11(18-9(2)21)14(10)16(24)20(8)12-6-7-13(22)19-15(12)23/h3-5,10,12,14H,6-7H2,1-2H3,(H,18,21)(H,19,22,23). The van der Waals surface area contributed by atoms with Crippen LogP contribution in [0.4, 0.5) is 0 Å². The lowest BCUT2D eigenvalue weighted by molar-refractivity contribution is -0.144. The monoisotopic (exact) mass is 330 g/mol. The maximum absolute atomic E-state index is 13.0. The summed E-state index contributed by atoms with van der Waals surface area (Å²) in [6, 6.07) is -1.17. The molecule has 0 aromatic rings. The molecular weight excluding hydrogens is 312 g/mol. The molecule has 3 unspecified atom stereocenters. The Hall–Kier alpha value is -2.77. The lowest BCUT2D eigenvalue weighted by Crippen LogP contribution is -2.60. The van der Waals surface area contributed by atoms with Crippen molar-refractivity contribution in [1.82, 2.24) is 15.5 Å². The van der Waals surface area contributed by atoms with Gasteiger partial charge in [0.2, 0.25) is 23.6 Å². The number of nitrogens with one attached hydrogen (secondary N) is 2. The normalized spacial score (nSPS) is 29.5. The number of aliphatic imine (C=N–C) groups is 1. The molecule has 2 heterocycles. The first kappa shape index (κ1) is 16.1. The Labute approximate surface area is 138 Å². The molecule has 24 heavy (non-hydrogen) atoms. The summed E-state index contributed by atoms with van der Waals surface area (Å²) >= 11 is 0. The molecule has 0 radical (unpaired) electrons. The highest BCUT2D eigenvalue weighted by Gasteiger charge is 2.45. The fourth-order valence-corrected chi connectivity index (χ4v) is 3.29. The van der Waals surface area contributed by atoms with Gasteiger partial charge in [0.25, 0.3) is 0 Å². The average molecular weight is 330 g/mol. The summed E-state index contributed by atoms with van der Waals surface area (Å²) in [5.41, 5.74) is 0.466. The van der Waals surface area contributed by atoms with E-state index in [9.17, 15) is 19.2 Å². The number of hydrogen-bond donors (Lipinski definition) is 2. The number of carbonyl (C=O) groups is 4. The third-order valence-electron chi connectivity index (χ3n) is 4.29. The van der Waals surface area contributed by atoms with E-state index in [4.69, 9.17) is 0 Å². The fourth-order valence-electron chi connectivity index (χ4n) is 3.29. The summed E-state index contributed by atoms with van der Waals surface area (Å²) in [4.78, 5) is 53.7. The number of nitrogens with zero attached hydrogens (tertiary/aromatic N) is 2. The molecule has 2 aliphatic heterocycles. The van der Waals surface area contributed by atoms with Crippen molar-refractivity contribution >= 4 is 29.5 Å². The van der Waals surface area contributed by atoms with Crippen LogP contribution in [-0.2, 0) is 19.2 Å². The smallest absolute Gasteiger partial charge is 0.249 e. The third-order valence-corrected chi connectivity index (χ3v) is 4.29. The highest BCUT2D eigenvalue weighted by Crippen LogP contribution is 2.30. The number of rotatable bonds is 2. The fraction of sp³-hybridized carbons (Fsp3) is 0.438. The van der Waals surface area contributed by atoms with Gasteiger partial charge in [-0.1, -0.05) is 12.2 Å². The number of allylic oxidation sites excluding steroid dienone is 2. The minimum Gasteiger partial charge on any atom is -0.329 e. The van der Waals surface area contributed by atoms with E-state index in [2.05, 4.69) is 15.6 Å². The Morgan fingerprint density at radius 1 is 1.38 bits per heavy atom. The number of amidine groups is 1. The van der Waals surface area contributed by atoms with Crippen LogP contribution in [-0.4, -0.2) is 46.4 Å². The number of imide groups is 1. The Bertz CT molecular complexity index is 722. The van der Waals surface area contributed by atoms with E-state index >= 15 is 0 Å². The van der Waals surface area contributed by atoms with Crippen molar-refractivity contribution in [1.29, 1.82) is 0 Å². The first-order valence-electron chi connectivity index (χ1n) is 7.75. The maximum atomic E-state index is 13.0. The molecule has 0 spiro atoms. The second kappa shape index (κ2) is 6.03. The van der Waals surface area contributed by atoms with Crippen molar-refractivity contribution in [3.05, 3.63) is 23.9 Å². The quantitative estimate of drug-likeness (QED) is 0.673. The van der Waals surface area contributed by atoms with Crippen molar-refractivity contribution in [2.75, 3.05) is 0 Å². The predicted octanol–water partition coefficient (Wildman–Crippen LogP) is -0.373. The summed E-state index contributed by atoms with van der Waals surface area (Å²) in [5.74, 6) is -1.65. The Balaban J connectivity index is 1.93. The van der Waals surface area contributed by atoms with Gasteiger partial charge in [0.15, 0.2) is 0 Å². The second-order valence-corrected chi connectivity index (χ2v) is 6.01. The van der Waals surface area contributed by atoms with E-state index in [1.165, 1.54) is 11.8 Å². The largest absolute Gasteiger partial charge is 0.329 e. The number of fused-ring (bicyclic) bond motifs is 1. The number of piperidine rings is 1. The van der Waals surface area contributed by atoms with Gasteiger partial charge in [-0.05, 0) is 19.4 Å². The summed E-state index contributed by atoms with van der Waals surface area (Å²) < 4.78 is 0. The van der Waals surface area contributed by atoms with E-state index in [1.54, 1.807) is 25.2 Å². The molecule has 2 N–H and O–H groups in total. The zero-order valence-corrected chi connectivity index (χ0v) is 13.4. The molecule has 0 aromatic carbocycles. The highest BCUT2D eigenvalue weighted by atomic mass is 16.2. The van der Waals surface area contributed by atoms with Crippen LogP contribution in [0.2, 0.25) is 0 Å². The summed E-state index contributed by atoms with van der Waals surface area (Å²) in [6.45, 7) is 3.04. The van der Waals surface area contributed by atoms with Crippen molar-refractivity contribution < 1.29 is 19.2 Å². The van der Waals surface area contributed by atoms with Gasteiger partial charge in [0.05, 0.1) is 6.04 Å². The zero-order valence-electron chi connectivity index (χ0n) is 13.4. The molecule has 1 saturated heterocycles. The number of amides is 4. The Kier molecular flexibility index (Phi) is 4.04. The molecule has 0 saturated carbocycles. The maximum Gasteiger partial charge on any atom is 0.249 e. The van der Waals surface area contributed by atoms with Crippen LogP contribution in [0.25, 0.3) is 0 Å². The summed E-state index contributed by atoms with van der Waals surface area (Å²) in [7, 11) is 0. The van der Waals surface area contributed by atoms with E-state index in [0.717, 1.165) is 0 Å². The van der Waals surface area contributed by atoms with Crippen LogP contribution in [0.1, 0.15) is 26.7 Å². The third kappa shape index (κ3) is 2.75. The van der Waals surface area contributed by atoms with Crippen LogP contribution in [0.3, 0.4) is 0 Å². The molecule has 0 aromatic heterocycles. The topological polar surface area (TPSA) is 108 Å². The van der Waals surface area contributed by atoms with Gasteiger partial charge >= 0.3 is 0 Å².